The van der Waals surface area contributed by atoms with Gasteiger partial charge in [0.25, 0.3) is 0 Å². The van der Waals surface area contributed by atoms with Crippen LogP contribution in [0.4, 0.5) is 0 Å². The molecule has 0 saturated carbocycles. The number of carboxylic acids is 1. The third-order valence-corrected chi connectivity index (χ3v) is 0.343. The van der Waals surface area contributed by atoms with Gasteiger partial charge in [0.15, 0.2) is 0 Å². The van der Waals surface area contributed by atoms with Crippen LogP contribution >= 0.6 is 11.6 Å². The minimum absolute atomic E-state index is 0. The average molecular weight is 234 g/mol. The molecule has 0 amide bonds. The molecule has 0 aromatic carbocycles. The Morgan fingerprint density at radius 2 is 2.00 bits per heavy atom. The van der Waals surface area contributed by atoms with E-state index < -0.39 is 5.97 Å². The molecular formula is C2H5BaClO2. The molecule has 0 aromatic rings. The van der Waals surface area contributed by atoms with E-state index in [1.807, 2.05) is 0 Å². The first-order chi connectivity index (χ1) is 2.27. The summed E-state index contributed by atoms with van der Waals surface area (Å²) in [6, 6.07) is 0. The zero-order valence-corrected chi connectivity index (χ0v) is 3.20. The fourth-order valence-electron chi connectivity index (χ4n) is 0. The van der Waals surface area contributed by atoms with E-state index in [1.54, 1.807) is 0 Å². The van der Waals surface area contributed by atoms with Crippen LogP contribution in [-0.2, 0) is 4.79 Å². The summed E-state index contributed by atoms with van der Waals surface area (Å²) in [6.45, 7) is 0. The van der Waals surface area contributed by atoms with Gasteiger partial charge in [-0.25, -0.2) is 0 Å². The topological polar surface area (TPSA) is 37.3 Å². The summed E-state index contributed by atoms with van der Waals surface area (Å²) in [5.74, 6) is -1.29. The van der Waals surface area contributed by atoms with Gasteiger partial charge in [0.1, 0.15) is 5.88 Å². The Kier molecular flexibility index (Phi) is 10.9. The van der Waals surface area contributed by atoms with E-state index in [9.17, 15) is 4.79 Å². The van der Waals surface area contributed by atoms with Gasteiger partial charge in [0, 0.05) is 0 Å². The van der Waals surface area contributed by atoms with Gasteiger partial charge in [-0.2, -0.15) is 0 Å². The van der Waals surface area contributed by atoms with Crippen LogP contribution in [0.25, 0.3) is 0 Å². The Morgan fingerprint density at radius 3 is 2.00 bits per heavy atom. The Hall–Kier alpha value is 1.33. The number of carbonyl (C=O) groups is 1. The van der Waals surface area contributed by atoms with Crippen molar-refractivity contribution in [2.24, 2.45) is 0 Å². The summed E-state index contributed by atoms with van der Waals surface area (Å²) in [5, 5.41) is 7.59. The number of halogens is 1. The Labute approximate surface area is 80.9 Å². The summed E-state index contributed by atoms with van der Waals surface area (Å²) >= 11 is 4.74. The monoisotopic (exact) mass is 234 g/mol. The van der Waals surface area contributed by atoms with Crippen LogP contribution < -0.4 is 0 Å². The molecule has 0 bridgehead atoms. The number of hydrogen-bond acceptors (Lipinski definition) is 1. The third-order valence-electron chi connectivity index (χ3n) is 0.114. The molecule has 0 atom stereocenters. The van der Waals surface area contributed by atoms with E-state index in [0.29, 0.717) is 0 Å². The standard InChI is InChI=1S/C2H3ClO2.Ba.2H/c3-1-2(4)5;;;/h1H2,(H,4,5);;;. The van der Waals surface area contributed by atoms with Gasteiger partial charge in [-0.3, -0.25) is 4.79 Å². The van der Waals surface area contributed by atoms with E-state index in [4.69, 9.17) is 16.7 Å². The SMILES string of the molecule is O=C(O)CCl.[BaH2]. The molecule has 0 heterocycles. The molecule has 4 heteroatoms. The molecule has 6 heavy (non-hydrogen) atoms. The van der Waals surface area contributed by atoms with Crippen LogP contribution in [0.3, 0.4) is 0 Å². The van der Waals surface area contributed by atoms with Crippen molar-refractivity contribution in [1.82, 2.24) is 0 Å². The van der Waals surface area contributed by atoms with Crippen molar-refractivity contribution < 1.29 is 9.90 Å². The van der Waals surface area contributed by atoms with Crippen LogP contribution in [0, 0.1) is 0 Å². The molecule has 1 N–H and O–H groups in total. The van der Waals surface area contributed by atoms with Crippen LogP contribution in [0.5, 0.6) is 0 Å². The van der Waals surface area contributed by atoms with Gasteiger partial charge in [0.2, 0.25) is 0 Å². The van der Waals surface area contributed by atoms with E-state index >= 15 is 0 Å². The molecule has 2 nitrogen and oxygen atoms in total. The summed E-state index contributed by atoms with van der Waals surface area (Å²) < 4.78 is 0. The van der Waals surface area contributed by atoms with Crippen molar-refractivity contribution in [2.45, 2.75) is 0 Å². The predicted molar refractivity (Wildman–Crippen MR) is 26.9 cm³/mol. The first-order valence-electron chi connectivity index (χ1n) is 1.05. The van der Waals surface area contributed by atoms with Crippen LogP contribution in [0.2, 0.25) is 0 Å². The molecule has 0 aliphatic carbocycles. The molecule has 0 unspecified atom stereocenters. The van der Waals surface area contributed by atoms with Crippen molar-refractivity contribution in [3.63, 3.8) is 0 Å². The van der Waals surface area contributed by atoms with Gasteiger partial charge in [0.05, 0.1) is 0 Å². The molecule has 0 aliphatic heterocycles. The minimum atomic E-state index is -0.980. The van der Waals surface area contributed by atoms with E-state index in [-0.39, 0.29) is 54.8 Å². The van der Waals surface area contributed by atoms with Crippen LogP contribution in [0.1, 0.15) is 0 Å². The second-order valence-corrected chi connectivity index (χ2v) is 0.795. The summed E-state index contributed by atoms with van der Waals surface area (Å²) in [6.07, 6.45) is 0. The first kappa shape index (κ1) is 10.3. The van der Waals surface area contributed by atoms with Gasteiger partial charge in [-0.05, 0) is 0 Å². The third kappa shape index (κ3) is 9.01. The molecule has 0 saturated heterocycles. The van der Waals surface area contributed by atoms with Gasteiger partial charge < -0.3 is 5.11 Å². The van der Waals surface area contributed by atoms with Gasteiger partial charge in [-0.1, -0.05) is 0 Å². The average Bonchev–Trinajstić information content (AvgIpc) is 1.38. The molecule has 0 spiro atoms. The van der Waals surface area contributed by atoms with E-state index in [0.717, 1.165) is 0 Å². The van der Waals surface area contributed by atoms with Crippen molar-refractivity contribution in [3.05, 3.63) is 0 Å². The summed E-state index contributed by atoms with van der Waals surface area (Å²) in [5.41, 5.74) is 0. The molecule has 0 rings (SSSR count). The molecule has 0 radical (unpaired) electrons. The molecule has 0 aliphatic rings. The normalized spacial score (nSPS) is 6.17. The summed E-state index contributed by atoms with van der Waals surface area (Å²) in [4.78, 5) is 9.24. The predicted octanol–water partition coefficient (Wildman–Crippen LogP) is -0.606. The number of rotatable bonds is 1. The molecule has 0 fully saturated rings. The zero-order chi connectivity index (χ0) is 4.28. The first-order valence-corrected chi connectivity index (χ1v) is 1.58. The number of carboxylic acid groups (broad SMARTS) is 1. The Morgan fingerprint density at radius 1 is 1.83 bits per heavy atom. The van der Waals surface area contributed by atoms with Crippen molar-refractivity contribution in [3.8, 4) is 0 Å². The van der Waals surface area contributed by atoms with Crippen molar-refractivity contribution in [1.29, 1.82) is 0 Å². The second kappa shape index (κ2) is 6.33. The van der Waals surface area contributed by atoms with Gasteiger partial charge >= 0.3 is 54.9 Å². The maximum atomic E-state index is 9.24. The number of aliphatic carboxylic acids is 1. The fraction of sp³-hybridized carbons (Fsp3) is 0.500. The summed E-state index contributed by atoms with van der Waals surface area (Å²) in [7, 11) is 0. The van der Waals surface area contributed by atoms with E-state index in [1.165, 1.54) is 0 Å². The molecule has 0 aromatic heterocycles. The van der Waals surface area contributed by atoms with Gasteiger partial charge in [-0.15, -0.1) is 11.6 Å². The van der Waals surface area contributed by atoms with E-state index in [2.05, 4.69) is 0 Å². The zero-order valence-electron chi connectivity index (χ0n) is 2.44. The van der Waals surface area contributed by atoms with Crippen molar-refractivity contribution >= 4 is 66.5 Å². The maximum absolute atomic E-state index is 9.24. The molecular weight excluding hydrogens is 229 g/mol. The van der Waals surface area contributed by atoms with Crippen LogP contribution in [0.15, 0.2) is 0 Å². The number of alkyl halides is 1. The Balaban J connectivity index is 0. The number of hydrogen-bond donors (Lipinski definition) is 1. The Bertz CT molecular complexity index is 46.8. The second-order valence-electron chi connectivity index (χ2n) is 0.527. The van der Waals surface area contributed by atoms with Crippen LogP contribution in [-0.4, -0.2) is 65.8 Å². The molecule has 34 valence electrons. The fourth-order valence-corrected chi connectivity index (χ4v) is 0. The van der Waals surface area contributed by atoms with Crippen molar-refractivity contribution in [2.75, 3.05) is 5.88 Å². The quantitative estimate of drug-likeness (QED) is 0.485.